The van der Waals surface area contributed by atoms with Crippen LogP contribution in [0.5, 0.6) is 0 Å². The first kappa shape index (κ1) is 21.1. The monoisotopic (exact) mass is 419 g/mol. The topological polar surface area (TPSA) is 99.9 Å². The summed E-state index contributed by atoms with van der Waals surface area (Å²) >= 11 is 0. The maximum Gasteiger partial charge on any atom is 0.290 e. The molecular formula is C20H25N3O5S. The molecular weight excluding hydrogens is 394 g/mol. The molecule has 8 nitrogen and oxygen atoms in total. The lowest BCUT2D eigenvalue weighted by Crippen LogP contribution is -2.43. The van der Waals surface area contributed by atoms with Crippen molar-refractivity contribution in [3.63, 3.8) is 0 Å². The molecule has 1 saturated heterocycles. The maximum atomic E-state index is 12.7. The van der Waals surface area contributed by atoms with Gasteiger partial charge in [0.2, 0.25) is 15.9 Å². The molecule has 1 fully saturated rings. The van der Waals surface area contributed by atoms with Crippen LogP contribution in [0, 0.1) is 0 Å². The molecule has 9 heteroatoms. The predicted molar refractivity (Wildman–Crippen MR) is 108 cm³/mol. The SMILES string of the molecule is CC(C)N(C)S(=O)(=O)c1ccc(NC(=O)C2CCCN2C(=O)c2ccco2)cc1. The van der Waals surface area contributed by atoms with Crippen LogP contribution in [0.15, 0.2) is 52.0 Å². The minimum absolute atomic E-state index is 0.155. The lowest BCUT2D eigenvalue weighted by molar-refractivity contribution is -0.119. The second-order valence-corrected chi connectivity index (χ2v) is 9.26. The molecule has 1 aromatic carbocycles. The zero-order chi connectivity index (χ0) is 21.2. The van der Waals surface area contributed by atoms with Crippen molar-refractivity contribution in [3.8, 4) is 0 Å². The third-order valence-corrected chi connectivity index (χ3v) is 7.12. The van der Waals surface area contributed by atoms with Gasteiger partial charge < -0.3 is 14.6 Å². The van der Waals surface area contributed by atoms with Crippen molar-refractivity contribution in [1.29, 1.82) is 0 Å². The fraction of sp³-hybridized carbons (Fsp3) is 0.400. The molecule has 29 heavy (non-hydrogen) atoms. The van der Waals surface area contributed by atoms with Crippen LogP contribution in [0.2, 0.25) is 0 Å². The molecule has 1 aromatic heterocycles. The number of nitrogens with one attached hydrogen (secondary N) is 1. The van der Waals surface area contributed by atoms with Gasteiger partial charge in [-0.1, -0.05) is 0 Å². The van der Waals surface area contributed by atoms with E-state index in [4.69, 9.17) is 4.42 Å². The Kier molecular flexibility index (Phi) is 6.09. The number of hydrogen-bond acceptors (Lipinski definition) is 5. The van der Waals surface area contributed by atoms with Crippen LogP contribution in [-0.2, 0) is 14.8 Å². The smallest absolute Gasteiger partial charge is 0.290 e. The average Bonchev–Trinajstić information content (AvgIpc) is 3.39. The van der Waals surface area contributed by atoms with E-state index >= 15 is 0 Å². The van der Waals surface area contributed by atoms with Crippen LogP contribution in [0.1, 0.15) is 37.2 Å². The molecule has 0 radical (unpaired) electrons. The van der Waals surface area contributed by atoms with Crippen molar-refractivity contribution in [3.05, 3.63) is 48.4 Å². The predicted octanol–water partition coefficient (Wildman–Crippen LogP) is 2.55. The van der Waals surface area contributed by atoms with Crippen LogP contribution in [0.3, 0.4) is 0 Å². The van der Waals surface area contributed by atoms with Crippen molar-refractivity contribution in [2.75, 3.05) is 18.9 Å². The first-order valence-corrected chi connectivity index (χ1v) is 10.9. The van der Waals surface area contributed by atoms with Gasteiger partial charge >= 0.3 is 0 Å². The number of anilines is 1. The number of carbonyl (C=O) groups excluding carboxylic acids is 2. The summed E-state index contributed by atoms with van der Waals surface area (Å²) in [6.07, 6.45) is 2.71. The van der Waals surface area contributed by atoms with Gasteiger partial charge in [0.05, 0.1) is 11.2 Å². The number of amides is 2. The highest BCUT2D eigenvalue weighted by Gasteiger charge is 2.35. The summed E-state index contributed by atoms with van der Waals surface area (Å²) in [5, 5.41) is 2.77. The summed E-state index contributed by atoms with van der Waals surface area (Å²) in [4.78, 5) is 26.9. The van der Waals surface area contributed by atoms with Crippen molar-refractivity contribution >= 4 is 27.5 Å². The lowest BCUT2D eigenvalue weighted by atomic mass is 10.2. The van der Waals surface area contributed by atoms with Gasteiger partial charge in [-0.2, -0.15) is 4.31 Å². The van der Waals surface area contributed by atoms with E-state index < -0.39 is 16.1 Å². The van der Waals surface area contributed by atoms with Gasteiger partial charge in [0.25, 0.3) is 5.91 Å². The first-order valence-electron chi connectivity index (χ1n) is 9.45. The number of carbonyl (C=O) groups is 2. The standard InChI is InChI=1S/C20H25N3O5S/c1-14(2)22(3)29(26,27)16-10-8-15(9-11-16)21-19(24)17-6-4-12-23(17)20(25)18-7-5-13-28-18/h5,7-11,13-14,17H,4,6,12H2,1-3H3,(H,21,24). The molecule has 1 aliphatic rings. The third kappa shape index (κ3) is 4.35. The molecule has 1 N–H and O–H groups in total. The van der Waals surface area contributed by atoms with Crippen molar-refractivity contribution in [2.24, 2.45) is 0 Å². The summed E-state index contributed by atoms with van der Waals surface area (Å²) in [7, 11) is -2.06. The number of hydrogen-bond donors (Lipinski definition) is 1. The molecule has 0 saturated carbocycles. The zero-order valence-electron chi connectivity index (χ0n) is 16.7. The minimum Gasteiger partial charge on any atom is -0.459 e. The molecule has 1 atom stereocenters. The van der Waals surface area contributed by atoms with Crippen molar-refractivity contribution in [1.82, 2.24) is 9.21 Å². The van der Waals surface area contributed by atoms with E-state index in [0.29, 0.717) is 18.7 Å². The Morgan fingerprint density at radius 1 is 1.21 bits per heavy atom. The molecule has 1 unspecified atom stereocenters. The van der Waals surface area contributed by atoms with E-state index in [0.717, 1.165) is 6.42 Å². The summed E-state index contributed by atoms with van der Waals surface area (Å²) < 4.78 is 31.5. The van der Waals surface area contributed by atoms with Gasteiger partial charge in [0.15, 0.2) is 5.76 Å². The highest BCUT2D eigenvalue weighted by atomic mass is 32.2. The molecule has 2 heterocycles. The number of likely N-dealkylation sites (tertiary alicyclic amines) is 1. The summed E-state index contributed by atoms with van der Waals surface area (Å²) in [6.45, 7) is 4.07. The molecule has 1 aliphatic heterocycles. The van der Waals surface area contributed by atoms with E-state index in [1.165, 1.54) is 34.6 Å². The van der Waals surface area contributed by atoms with Gasteiger partial charge in [-0.15, -0.1) is 0 Å². The molecule has 0 bridgehead atoms. The lowest BCUT2D eigenvalue weighted by Gasteiger charge is -2.23. The summed E-state index contributed by atoms with van der Waals surface area (Å²) in [5.74, 6) is -0.420. The number of nitrogens with zero attached hydrogens (tertiary/aromatic N) is 2. The minimum atomic E-state index is -3.59. The van der Waals surface area contributed by atoms with Crippen molar-refractivity contribution in [2.45, 2.75) is 43.7 Å². The van der Waals surface area contributed by atoms with Crippen molar-refractivity contribution < 1.29 is 22.4 Å². The Morgan fingerprint density at radius 3 is 2.48 bits per heavy atom. The van der Waals surface area contributed by atoms with Crippen LogP contribution in [0.25, 0.3) is 0 Å². The van der Waals surface area contributed by atoms with Crippen LogP contribution in [0.4, 0.5) is 5.69 Å². The molecule has 2 amide bonds. The Labute approximate surface area is 170 Å². The number of rotatable bonds is 6. The largest absolute Gasteiger partial charge is 0.459 e. The molecule has 0 spiro atoms. The first-order chi connectivity index (χ1) is 13.7. The Bertz CT molecular complexity index is 968. The Morgan fingerprint density at radius 2 is 1.90 bits per heavy atom. The van der Waals surface area contributed by atoms with Crippen LogP contribution >= 0.6 is 0 Å². The highest BCUT2D eigenvalue weighted by molar-refractivity contribution is 7.89. The van der Waals surface area contributed by atoms with E-state index in [1.807, 2.05) is 0 Å². The Hall–Kier alpha value is -2.65. The second kappa shape index (κ2) is 8.38. The summed E-state index contributed by atoms with van der Waals surface area (Å²) in [6, 6.07) is 8.46. The van der Waals surface area contributed by atoms with E-state index in [-0.39, 0.29) is 28.5 Å². The van der Waals surface area contributed by atoms with Crippen LogP contribution in [-0.4, -0.2) is 55.1 Å². The van der Waals surface area contributed by atoms with Gasteiger partial charge in [-0.25, -0.2) is 8.42 Å². The van der Waals surface area contributed by atoms with E-state index in [9.17, 15) is 18.0 Å². The van der Waals surface area contributed by atoms with Crippen LogP contribution < -0.4 is 5.32 Å². The molecule has 3 rings (SSSR count). The normalized spacial score (nSPS) is 17.1. The van der Waals surface area contributed by atoms with Gasteiger partial charge in [-0.3, -0.25) is 9.59 Å². The van der Waals surface area contributed by atoms with Gasteiger partial charge in [0, 0.05) is 25.3 Å². The Balaban J connectivity index is 1.70. The summed E-state index contributed by atoms with van der Waals surface area (Å²) in [5.41, 5.74) is 0.471. The van der Waals surface area contributed by atoms with E-state index in [2.05, 4.69) is 5.32 Å². The number of furan rings is 1. The highest BCUT2D eigenvalue weighted by Crippen LogP contribution is 2.23. The molecule has 0 aliphatic carbocycles. The van der Waals surface area contributed by atoms with Gasteiger partial charge in [0.1, 0.15) is 6.04 Å². The number of benzene rings is 1. The fourth-order valence-electron chi connectivity index (χ4n) is 3.20. The quantitative estimate of drug-likeness (QED) is 0.776. The molecule has 156 valence electrons. The zero-order valence-corrected chi connectivity index (χ0v) is 17.5. The third-order valence-electron chi connectivity index (χ3n) is 5.07. The molecule has 2 aromatic rings. The number of sulfonamides is 1. The van der Waals surface area contributed by atoms with E-state index in [1.54, 1.807) is 38.1 Å². The fourth-order valence-corrected chi connectivity index (χ4v) is 4.57. The second-order valence-electron chi connectivity index (χ2n) is 7.26. The van der Waals surface area contributed by atoms with Gasteiger partial charge in [-0.05, 0) is 63.1 Å². The maximum absolute atomic E-state index is 12.7. The average molecular weight is 420 g/mol.